The van der Waals surface area contributed by atoms with E-state index in [2.05, 4.69) is 9.80 Å². The van der Waals surface area contributed by atoms with E-state index in [1.54, 1.807) is 4.90 Å². The molecule has 1 rings (SSSR count). The lowest BCUT2D eigenvalue weighted by Gasteiger charge is -2.37. The van der Waals surface area contributed by atoms with Gasteiger partial charge in [0.15, 0.2) is 0 Å². The smallest absolute Gasteiger partial charge is 0.223 e. The maximum Gasteiger partial charge on any atom is 0.223 e. The van der Waals surface area contributed by atoms with E-state index in [1.165, 1.54) is 0 Å². The second kappa shape index (κ2) is 8.68. The van der Waals surface area contributed by atoms with Gasteiger partial charge in [0.25, 0.3) is 0 Å². The molecule has 0 aliphatic carbocycles. The van der Waals surface area contributed by atoms with Gasteiger partial charge in [0.1, 0.15) is 0 Å². The third-order valence-electron chi connectivity index (χ3n) is 3.84. The van der Waals surface area contributed by atoms with Crippen molar-refractivity contribution in [2.45, 2.75) is 32.3 Å². The molecule has 1 heterocycles. The minimum atomic E-state index is -0.635. The second-order valence-electron chi connectivity index (χ2n) is 6.64. The highest BCUT2D eigenvalue weighted by atomic mass is 16.3. The van der Waals surface area contributed by atoms with Crippen molar-refractivity contribution in [2.75, 3.05) is 59.4 Å². The number of hydrogen-bond donors (Lipinski definition) is 2. The molecule has 1 aliphatic heterocycles. The molecule has 1 amide bonds. The number of rotatable bonds is 8. The largest absolute Gasteiger partial charge is 0.389 e. The summed E-state index contributed by atoms with van der Waals surface area (Å²) in [7, 11) is 1.85. The van der Waals surface area contributed by atoms with Crippen LogP contribution in [0.2, 0.25) is 0 Å². The highest BCUT2D eigenvalue weighted by Crippen LogP contribution is 2.09. The summed E-state index contributed by atoms with van der Waals surface area (Å²) in [5.74, 6) is 0.197. The molecule has 6 heteroatoms. The zero-order valence-electron chi connectivity index (χ0n) is 13.8. The minimum absolute atomic E-state index is 0.197. The molecule has 0 aromatic heterocycles. The third-order valence-corrected chi connectivity index (χ3v) is 3.84. The zero-order valence-corrected chi connectivity index (χ0v) is 13.8. The predicted octanol–water partition coefficient (Wildman–Crippen LogP) is -0.428. The molecule has 6 nitrogen and oxygen atoms in total. The van der Waals surface area contributed by atoms with E-state index in [9.17, 15) is 9.90 Å². The zero-order chi connectivity index (χ0) is 15.9. The Labute approximate surface area is 128 Å². The number of piperazine rings is 1. The molecular formula is C15H32N4O2. The van der Waals surface area contributed by atoms with Gasteiger partial charge in [-0.1, -0.05) is 0 Å². The fourth-order valence-corrected chi connectivity index (χ4v) is 2.62. The molecule has 0 aromatic carbocycles. The highest BCUT2D eigenvalue weighted by molar-refractivity contribution is 5.76. The minimum Gasteiger partial charge on any atom is -0.389 e. The number of carbonyl (C=O) groups is 1. The summed E-state index contributed by atoms with van der Waals surface area (Å²) in [6, 6.07) is 0. The van der Waals surface area contributed by atoms with Gasteiger partial charge in [0, 0.05) is 59.3 Å². The van der Waals surface area contributed by atoms with Crippen LogP contribution in [0.25, 0.3) is 0 Å². The molecule has 3 N–H and O–H groups in total. The maximum atomic E-state index is 12.0. The van der Waals surface area contributed by atoms with E-state index in [1.807, 2.05) is 20.9 Å². The fourth-order valence-electron chi connectivity index (χ4n) is 2.62. The lowest BCUT2D eigenvalue weighted by Crippen LogP contribution is -2.50. The van der Waals surface area contributed by atoms with Gasteiger partial charge in [-0.05, 0) is 26.8 Å². The molecule has 21 heavy (non-hydrogen) atoms. The Morgan fingerprint density at radius 2 is 1.81 bits per heavy atom. The molecule has 124 valence electrons. The Kier molecular flexibility index (Phi) is 7.59. The van der Waals surface area contributed by atoms with Gasteiger partial charge < -0.3 is 20.6 Å². The number of β-amino-alcohol motifs (C(OH)–C–C–N with tert-alkyl or cyclic N) is 1. The van der Waals surface area contributed by atoms with Crippen molar-refractivity contribution >= 4 is 5.91 Å². The van der Waals surface area contributed by atoms with Crippen LogP contribution in [0.5, 0.6) is 0 Å². The van der Waals surface area contributed by atoms with E-state index in [0.29, 0.717) is 19.5 Å². The quantitative estimate of drug-likeness (QED) is 0.636. The molecule has 0 spiro atoms. The van der Waals surface area contributed by atoms with Crippen LogP contribution in [0.4, 0.5) is 0 Å². The average molecular weight is 300 g/mol. The van der Waals surface area contributed by atoms with Crippen molar-refractivity contribution in [3.63, 3.8) is 0 Å². The van der Waals surface area contributed by atoms with E-state index in [0.717, 1.165) is 45.7 Å². The summed E-state index contributed by atoms with van der Waals surface area (Å²) < 4.78 is 0. The Balaban J connectivity index is 2.19. The number of aliphatic hydroxyl groups is 1. The molecular weight excluding hydrogens is 268 g/mol. The summed E-state index contributed by atoms with van der Waals surface area (Å²) in [5.41, 5.74) is 4.82. The molecule has 0 radical (unpaired) electrons. The summed E-state index contributed by atoms with van der Waals surface area (Å²) in [6.45, 7) is 10.4. The van der Waals surface area contributed by atoms with Gasteiger partial charge >= 0.3 is 0 Å². The molecule has 1 aliphatic rings. The predicted molar refractivity (Wildman–Crippen MR) is 85.1 cm³/mol. The lowest BCUT2D eigenvalue weighted by molar-refractivity contribution is -0.130. The van der Waals surface area contributed by atoms with Gasteiger partial charge in [-0.3, -0.25) is 9.69 Å². The van der Waals surface area contributed by atoms with E-state index >= 15 is 0 Å². The normalized spacial score (nSPS) is 18.0. The number of carbonyl (C=O) groups excluding carboxylic acids is 1. The molecule has 0 unspecified atom stereocenters. The van der Waals surface area contributed by atoms with Crippen molar-refractivity contribution in [2.24, 2.45) is 5.73 Å². The average Bonchev–Trinajstić information content (AvgIpc) is 2.42. The van der Waals surface area contributed by atoms with Crippen LogP contribution in [0.15, 0.2) is 0 Å². The van der Waals surface area contributed by atoms with Crippen molar-refractivity contribution in [3.05, 3.63) is 0 Å². The molecule has 0 aromatic rings. The number of nitrogens with two attached hydrogens (primary N) is 1. The van der Waals surface area contributed by atoms with Crippen LogP contribution >= 0.6 is 0 Å². The van der Waals surface area contributed by atoms with Crippen molar-refractivity contribution in [1.82, 2.24) is 14.7 Å². The molecule has 1 saturated heterocycles. The highest BCUT2D eigenvalue weighted by Gasteiger charge is 2.23. The summed E-state index contributed by atoms with van der Waals surface area (Å²) in [6.07, 6.45) is 1.43. The summed E-state index contributed by atoms with van der Waals surface area (Å²) >= 11 is 0. The SMILES string of the molecule is CN(CCCN)C(=O)CCN1CCN(CC(C)(C)O)CC1. The van der Waals surface area contributed by atoms with Gasteiger partial charge in [-0.2, -0.15) is 0 Å². The van der Waals surface area contributed by atoms with Crippen LogP contribution in [0.1, 0.15) is 26.7 Å². The fraction of sp³-hybridized carbons (Fsp3) is 0.933. The first-order valence-corrected chi connectivity index (χ1v) is 7.93. The Morgan fingerprint density at radius 3 is 2.33 bits per heavy atom. The number of nitrogens with zero attached hydrogens (tertiary/aromatic N) is 3. The second-order valence-corrected chi connectivity index (χ2v) is 6.64. The number of hydrogen-bond acceptors (Lipinski definition) is 5. The van der Waals surface area contributed by atoms with Crippen LogP contribution < -0.4 is 5.73 Å². The number of amides is 1. The van der Waals surface area contributed by atoms with Crippen LogP contribution in [0.3, 0.4) is 0 Å². The lowest BCUT2D eigenvalue weighted by atomic mass is 10.1. The van der Waals surface area contributed by atoms with E-state index < -0.39 is 5.60 Å². The van der Waals surface area contributed by atoms with Crippen LogP contribution in [-0.4, -0.2) is 90.7 Å². The Morgan fingerprint density at radius 1 is 1.24 bits per heavy atom. The Hall–Kier alpha value is -0.690. The van der Waals surface area contributed by atoms with Crippen molar-refractivity contribution in [1.29, 1.82) is 0 Å². The topological polar surface area (TPSA) is 73.0 Å². The molecule has 0 atom stereocenters. The van der Waals surface area contributed by atoms with Gasteiger partial charge in [-0.15, -0.1) is 0 Å². The maximum absolute atomic E-state index is 12.0. The van der Waals surface area contributed by atoms with Crippen LogP contribution in [0, 0.1) is 0 Å². The van der Waals surface area contributed by atoms with E-state index in [-0.39, 0.29) is 5.91 Å². The Bertz CT molecular complexity index is 309. The van der Waals surface area contributed by atoms with E-state index in [4.69, 9.17) is 5.73 Å². The first-order chi connectivity index (χ1) is 9.81. The standard InChI is InChI=1S/C15H32N4O2/c1-15(2,21)13-19-11-9-18(10-12-19)8-5-14(20)17(3)7-4-6-16/h21H,4-13,16H2,1-3H3. The van der Waals surface area contributed by atoms with Gasteiger partial charge in [0.05, 0.1) is 5.60 Å². The third kappa shape index (κ3) is 7.76. The monoisotopic (exact) mass is 300 g/mol. The van der Waals surface area contributed by atoms with Crippen molar-refractivity contribution < 1.29 is 9.90 Å². The van der Waals surface area contributed by atoms with Crippen molar-refractivity contribution in [3.8, 4) is 0 Å². The molecule has 0 bridgehead atoms. The molecule has 0 saturated carbocycles. The van der Waals surface area contributed by atoms with Gasteiger partial charge in [-0.25, -0.2) is 0 Å². The first-order valence-electron chi connectivity index (χ1n) is 7.93. The first kappa shape index (κ1) is 18.4. The summed E-state index contributed by atoms with van der Waals surface area (Å²) in [4.78, 5) is 18.3. The summed E-state index contributed by atoms with van der Waals surface area (Å²) in [5, 5.41) is 9.83. The van der Waals surface area contributed by atoms with Crippen LogP contribution in [-0.2, 0) is 4.79 Å². The van der Waals surface area contributed by atoms with Gasteiger partial charge in [0.2, 0.25) is 5.91 Å². The molecule has 1 fully saturated rings.